The minimum Gasteiger partial charge on any atom is -0.378 e. The Hall–Kier alpha value is -1.57. The highest BCUT2D eigenvalue weighted by atomic mass is 19.1. The molecule has 1 aromatic carbocycles. The average Bonchev–Trinajstić information content (AvgIpc) is 2.65. The van der Waals surface area contributed by atoms with Crippen LogP contribution in [-0.4, -0.2) is 48.2 Å². The lowest BCUT2D eigenvalue weighted by atomic mass is 9.54. The van der Waals surface area contributed by atoms with Gasteiger partial charge in [0.15, 0.2) is 0 Å². The molecule has 3 unspecified atom stereocenters. The van der Waals surface area contributed by atoms with Crippen LogP contribution in [-0.2, 0) is 16.1 Å². The first-order chi connectivity index (χ1) is 13.2. The Morgan fingerprint density at radius 2 is 2.04 bits per heavy atom. The highest BCUT2D eigenvalue weighted by Gasteiger charge is 2.63. The van der Waals surface area contributed by atoms with Gasteiger partial charge < -0.3 is 15.8 Å². The summed E-state index contributed by atoms with van der Waals surface area (Å²) in [5, 5.41) is 3.08. The van der Waals surface area contributed by atoms with Gasteiger partial charge in [-0.2, -0.15) is 0 Å². The maximum absolute atomic E-state index is 13.9. The number of nitrogens with one attached hydrogen (secondary N) is 1. The molecule has 1 saturated heterocycles. The van der Waals surface area contributed by atoms with Crippen LogP contribution in [0.4, 0.5) is 8.78 Å². The molecule has 1 aliphatic carbocycles. The number of piperidine rings is 1. The minimum absolute atomic E-state index is 0.0277. The van der Waals surface area contributed by atoms with Gasteiger partial charge in [0, 0.05) is 43.1 Å². The van der Waals surface area contributed by atoms with E-state index in [2.05, 4.69) is 5.32 Å². The molecule has 2 fully saturated rings. The van der Waals surface area contributed by atoms with Gasteiger partial charge >= 0.3 is 0 Å². The topological polar surface area (TPSA) is 67.6 Å². The molecular weight excluding hydrogens is 364 g/mol. The third-order valence-corrected chi connectivity index (χ3v) is 6.52. The minimum atomic E-state index is -0.966. The first-order valence-electron chi connectivity index (χ1n) is 10.1. The molecule has 28 heavy (non-hydrogen) atoms. The molecule has 2 aliphatic rings. The van der Waals surface area contributed by atoms with E-state index in [9.17, 15) is 13.6 Å². The summed E-state index contributed by atoms with van der Waals surface area (Å²) in [5.41, 5.74) is 5.12. The largest absolute Gasteiger partial charge is 0.378 e. The van der Waals surface area contributed by atoms with Crippen molar-refractivity contribution in [3.8, 4) is 0 Å². The predicted molar refractivity (Wildman–Crippen MR) is 104 cm³/mol. The van der Waals surface area contributed by atoms with Gasteiger partial charge in [0.2, 0.25) is 5.91 Å². The van der Waals surface area contributed by atoms with Crippen LogP contribution in [0.2, 0.25) is 0 Å². The lowest BCUT2D eigenvalue weighted by molar-refractivity contribution is -0.171. The summed E-state index contributed by atoms with van der Waals surface area (Å²) >= 11 is 0. The molecule has 0 spiro atoms. The van der Waals surface area contributed by atoms with Crippen LogP contribution >= 0.6 is 0 Å². The molecule has 3 N–H and O–H groups in total. The fourth-order valence-corrected chi connectivity index (χ4v) is 4.36. The van der Waals surface area contributed by atoms with E-state index < -0.39 is 22.6 Å². The number of hydrogen-bond acceptors (Lipinski definition) is 4. The number of hydrogen-bond donors (Lipinski definition) is 2. The van der Waals surface area contributed by atoms with Gasteiger partial charge in [0.25, 0.3) is 0 Å². The quantitative estimate of drug-likeness (QED) is 0.777. The van der Waals surface area contributed by atoms with Crippen molar-refractivity contribution in [2.45, 2.75) is 64.3 Å². The zero-order chi connectivity index (χ0) is 20.5. The van der Waals surface area contributed by atoms with E-state index in [1.165, 1.54) is 18.2 Å². The average molecular weight is 395 g/mol. The summed E-state index contributed by atoms with van der Waals surface area (Å²) < 4.78 is 33.6. The second-order valence-electron chi connectivity index (χ2n) is 8.59. The smallest absolute Gasteiger partial charge is 0.241 e. The van der Waals surface area contributed by atoms with Crippen molar-refractivity contribution in [2.24, 2.45) is 11.1 Å². The third kappa shape index (κ3) is 3.80. The number of halogens is 2. The van der Waals surface area contributed by atoms with Crippen LogP contribution in [0.5, 0.6) is 0 Å². The van der Waals surface area contributed by atoms with Gasteiger partial charge in [0.1, 0.15) is 17.2 Å². The number of amides is 1. The molecule has 5 nitrogen and oxygen atoms in total. The number of carbonyl (C=O) groups excluding carboxylic acids is 1. The Labute approximate surface area is 165 Å². The van der Waals surface area contributed by atoms with E-state index >= 15 is 0 Å². The Balaban J connectivity index is 1.60. The second-order valence-corrected chi connectivity index (χ2v) is 8.59. The molecule has 0 aromatic heterocycles. The van der Waals surface area contributed by atoms with Crippen molar-refractivity contribution in [3.05, 3.63) is 35.4 Å². The summed E-state index contributed by atoms with van der Waals surface area (Å²) in [7, 11) is 0. The van der Waals surface area contributed by atoms with E-state index in [0.717, 1.165) is 19.4 Å². The maximum atomic E-state index is 13.9. The Kier molecular flexibility index (Phi) is 6.08. The van der Waals surface area contributed by atoms with E-state index in [4.69, 9.17) is 10.5 Å². The van der Waals surface area contributed by atoms with E-state index in [0.29, 0.717) is 19.6 Å². The fraction of sp³-hybridized carbons (Fsp3) is 0.667. The summed E-state index contributed by atoms with van der Waals surface area (Å²) in [5.74, 6) is -1.24. The van der Waals surface area contributed by atoms with E-state index in [1.807, 2.05) is 25.7 Å². The Bertz CT molecular complexity index is 707. The van der Waals surface area contributed by atoms with Gasteiger partial charge in [-0.05, 0) is 38.4 Å². The standard InChI is InChI=1S/C21H31F2N3O2/c1-4-28-18-11-21(24,20(18,2)3)19(27)25-14-7-6-10-26(12-14)13-15-16(22)8-5-9-17(15)23/h5,8-9,14,18H,4,6-7,10-13,24H2,1-3H3,(H,25,27). The van der Waals surface area contributed by atoms with Crippen LogP contribution in [0.1, 0.15) is 45.6 Å². The molecule has 3 rings (SSSR count). The maximum Gasteiger partial charge on any atom is 0.241 e. The lowest BCUT2D eigenvalue weighted by Crippen LogP contribution is -2.76. The normalized spacial score (nSPS) is 29.9. The fourth-order valence-electron chi connectivity index (χ4n) is 4.36. The van der Waals surface area contributed by atoms with Gasteiger partial charge in [-0.1, -0.05) is 19.9 Å². The van der Waals surface area contributed by atoms with Crippen molar-refractivity contribution >= 4 is 5.91 Å². The first kappa shape index (κ1) is 21.1. The highest BCUT2D eigenvalue weighted by Crippen LogP contribution is 2.49. The Morgan fingerprint density at radius 3 is 2.64 bits per heavy atom. The van der Waals surface area contributed by atoms with Crippen molar-refractivity contribution in [3.63, 3.8) is 0 Å². The van der Waals surface area contributed by atoms with Gasteiger partial charge in [-0.25, -0.2) is 8.78 Å². The SMILES string of the molecule is CCOC1CC(N)(C(=O)NC2CCCN(Cc3c(F)cccc3F)C2)C1(C)C. The molecule has 3 atom stereocenters. The second kappa shape index (κ2) is 8.05. The zero-order valence-corrected chi connectivity index (χ0v) is 16.9. The number of nitrogens with two attached hydrogens (primary N) is 1. The van der Waals surface area contributed by atoms with Crippen LogP contribution in [0.15, 0.2) is 18.2 Å². The van der Waals surface area contributed by atoms with Crippen molar-refractivity contribution in [1.29, 1.82) is 0 Å². The number of benzene rings is 1. The molecule has 156 valence electrons. The number of likely N-dealkylation sites (tertiary alicyclic amines) is 1. The molecule has 0 bridgehead atoms. The van der Waals surface area contributed by atoms with Gasteiger partial charge in [-0.3, -0.25) is 9.69 Å². The summed E-state index contributed by atoms with van der Waals surface area (Å²) in [4.78, 5) is 14.9. The highest BCUT2D eigenvalue weighted by molar-refractivity contribution is 5.89. The van der Waals surface area contributed by atoms with Crippen molar-refractivity contribution < 1.29 is 18.3 Å². The van der Waals surface area contributed by atoms with Gasteiger partial charge in [0.05, 0.1) is 6.10 Å². The van der Waals surface area contributed by atoms with Crippen LogP contribution < -0.4 is 11.1 Å². The number of ether oxygens (including phenoxy) is 1. The first-order valence-corrected chi connectivity index (χ1v) is 10.1. The summed E-state index contributed by atoms with van der Waals surface area (Å²) in [6, 6.07) is 3.82. The summed E-state index contributed by atoms with van der Waals surface area (Å²) in [6.07, 6.45) is 2.15. The molecule has 1 amide bonds. The molecule has 1 aromatic rings. The number of rotatable bonds is 6. The molecule has 1 saturated carbocycles. The molecule has 1 heterocycles. The lowest BCUT2D eigenvalue weighted by Gasteiger charge is -2.58. The monoisotopic (exact) mass is 395 g/mol. The molecule has 0 radical (unpaired) electrons. The van der Waals surface area contributed by atoms with Crippen molar-refractivity contribution in [1.82, 2.24) is 10.2 Å². The molecule has 7 heteroatoms. The van der Waals surface area contributed by atoms with Crippen molar-refractivity contribution in [2.75, 3.05) is 19.7 Å². The van der Waals surface area contributed by atoms with Gasteiger partial charge in [-0.15, -0.1) is 0 Å². The molecular formula is C21H31F2N3O2. The third-order valence-electron chi connectivity index (χ3n) is 6.52. The number of carbonyl (C=O) groups is 1. The molecule has 1 aliphatic heterocycles. The Morgan fingerprint density at radius 1 is 1.36 bits per heavy atom. The predicted octanol–water partition coefficient (Wildman–Crippen LogP) is 2.58. The van der Waals surface area contributed by atoms with E-state index in [-0.39, 0.29) is 30.2 Å². The van der Waals surface area contributed by atoms with Crippen LogP contribution in [0, 0.1) is 17.0 Å². The van der Waals surface area contributed by atoms with E-state index in [1.54, 1.807) is 0 Å². The summed E-state index contributed by atoms with van der Waals surface area (Å²) in [6.45, 7) is 7.93. The zero-order valence-electron chi connectivity index (χ0n) is 16.9. The van der Waals surface area contributed by atoms with Crippen LogP contribution in [0.25, 0.3) is 0 Å². The van der Waals surface area contributed by atoms with Crippen LogP contribution in [0.3, 0.4) is 0 Å². The number of nitrogens with zero attached hydrogens (tertiary/aromatic N) is 1.